The second-order valence-corrected chi connectivity index (χ2v) is 17.6. The number of esters is 1. The van der Waals surface area contributed by atoms with Gasteiger partial charge in [0.15, 0.2) is 0 Å². The van der Waals surface area contributed by atoms with Gasteiger partial charge in [-0.1, -0.05) is 221 Å². The molecular formula is C57H99NO5. The molecule has 0 aliphatic rings. The highest BCUT2D eigenvalue weighted by molar-refractivity contribution is 5.77. The Hall–Kier alpha value is -2.96. The Labute approximate surface area is 389 Å². The molecule has 0 bridgehead atoms. The number of carbonyl (C=O) groups excluding carboxylic acids is 2. The summed E-state index contributed by atoms with van der Waals surface area (Å²) in [4.78, 5) is 26.1. The molecule has 6 nitrogen and oxygen atoms in total. The van der Waals surface area contributed by atoms with Crippen molar-refractivity contribution in [2.24, 2.45) is 0 Å². The Morgan fingerprint density at radius 3 is 1.41 bits per heavy atom. The summed E-state index contributed by atoms with van der Waals surface area (Å²) in [7, 11) is 0. The quantitative estimate of drug-likeness (QED) is 0.0245. The molecule has 0 rings (SSSR count). The van der Waals surface area contributed by atoms with Crippen molar-refractivity contribution in [2.45, 2.75) is 257 Å². The third-order valence-corrected chi connectivity index (χ3v) is 11.5. The van der Waals surface area contributed by atoms with Crippen molar-refractivity contribution < 1.29 is 24.5 Å². The van der Waals surface area contributed by atoms with Crippen LogP contribution in [0.4, 0.5) is 0 Å². The molecule has 0 spiro atoms. The maximum Gasteiger partial charge on any atom is 0.306 e. The van der Waals surface area contributed by atoms with Gasteiger partial charge in [-0.05, 0) is 89.9 Å². The predicted octanol–water partition coefficient (Wildman–Crippen LogP) is 16.0. The predicted molar refractivity (Wildman–Crippen MR) is 273 cm³/mol. The van der Waals surface area contributed by atoms with Gasteiger partial charge in [0.25, 0.3) is 0 Å². The Kier molecular flexibility index (Phi) is 47.7. The van der Waals surface area contributed by atoms with Crippen LogP contribution in [0.2, 0.25) is 0 Å². The largest absolute Gasteiger partial charge is 0.462 e. The van der Waals surface area contributed by atoms with E-state index in [1.54, 1.807) is 0 Å². The molecular weight excluding hydrogens is 779 g/mol. The zero-order valence-electron chi connectivity index (χ0n) is 41.2. The number of rotatable bonds is 46. The molecule has 0 aliphatic heterocycles. The zero-order valence-corrected chi connectivity index (χ0v) is 41.2. The number of hydrogen-bond acceptors (Lipinski definition) is 5. The van der Waals surface area contributed by atoms with Crippen LogP contribution < -0.4 is 5.32 Å². The average molecular weight is 878 g/mol. The number of ether oxygens (including phenoxy) is 1. The second kappa shape index (κ2) is 50.0. The third kappa shape index (κ3) is 45.4. The molecule has 1 amide bonds. The van der Waals surface area contributed by atoms with Crippen LogP contribution in [-0.4, -0.2) is 46.9 Å². The van der Waals surface area contributed by atoms with Crippen molar-refractivity contribution in [3.05, 3.63) is 85.1 Å². The maximum atomic E-state index is 13.2. The topological polar surface area (TPSA) is 95.9 Å². The minimum atomic E-state index is -0.811. The van der Waals surface area contributed by atoms with E-state index in [4.69, 9.17) is 4.74 Å². The van der Waals surface area contributed by atoms with Gasteiger partial charge in [0.2, 0.25) is 5.91 Å². The van der Waals surface area contributed by atoms with Crippen molar-refractivity contribution >= 4 is 11.9 Å². The van der Waals surface area contributed by atoms with Gasteiger partial charge in [-0.3, -0.25) is 9.59 Å². The molecule has 0 saturated heterocycles. The average Bonchev–Trinajstić information content (AvgIpc) is 3.28. The molecule has 0 aromatic heterocycles. The first kappa shape index (κ1) is 60.0. The van der Waals surface area contributed by atoms with E-state index >= 15 is 0 Å². The number of amides is 1. The third-order valence-electron chi connectivity index (χ3n) is 11.5. The number of unbranched alkanes of at least 4 members (excludes halogenated alkanes) is 21. The molecule has 63 heavy (non-hydrogen) atoms. The van der Waals surface area contributed by atoms with Crippen LogP contribution in [0.15, 0.2) is 85.1 Å². The minimum absolute atomic E-state index is 0.0241. The van der Waals surface area contributed by atoms with E-state index in [0.717, 1.165) is 96.3 Å². The standard InChI is InChI=1S/C57H99NO5/c1-4-7-10-13-16-19-22-24-26-28-29-31-34-36-39-42-45-48-53(63-57(62)50-47-44-41-38-35-32-30-27-25-23-20-17-14-11-8-5-2)51-56(61)58-54(52-59)55(60)49-46-43-40-37-33-21-18-15-12-9-6-3/h7,10,16,19,24,26-27,29-32,35-36,39,53-55,59-60H,4-6,8-9,11-15,17-18,20-23,25,28,33-34,37-38,40-52H2,1-3H3,(H,58,61)/b10-7-,19-16-,26-24-,30-27+,31-29-,35-32+,39-36-. The number of hydrogen-bond donors (Lipinski definition) is 3. The molecule has 362 valence electrons. The van der Waals surface area contributed by atoms with E-state index in [1.807, 2.05) is 0 Å². The van der Waals surface area contributed by atoms with Gasteiger partial charge in [0.05, 0.1) is 25.2 Å². The van der Waals surface area contributed by atoms with Gasteiger partial charge in [-0.2, -0.15) is 0 Å². The van der Waals surface area contributed by atoms with Gasteiger partial charge >= 0.3 is 5.97 Å². The number of aliphatic hydroxyl groups excluding tert-OH is 2. The summed E-state index contributed by atoms with van der Waals surface area (Å²) in [6.07, 6.45) is 65.0. The van der Waals surface area contributed by atoms with Crippen molar-refractivity contribution in [1.29, 1.82) is 0 Å². The smallest absolute Gasteiger partial charge is 0.306 e. The maximum absolute atomic E-state index is 13.2. The van der Waals surface area contributed by atoms with E-state index < -0.39 is 18.2 Å². The Morgan fingerprint density at radius 1 is 0.492 bits per heavy atom. The lowest BCUT2D eigenvalue weighted by atomic mass is 10.0. The van der Waals surface area contributed by atoms with E-state index in [1.165, 1.54) is 96.3 Å². The normalized spacial score (nSPS) is 13.9. The molecule has 0 aromatic carbocycles. The number of carbonyl (C=O) groups is 2. The van der Waals surface area contributed by atoms with E-state index in [-0.39, 0.29) is 24.9 Å². The molecule has 0 fully saturated rings. The van der Waals surface area contributed by atoms with Crippen LogP contribution in [0.5, 0.6) is 0 Å². The van der Waals surface area contributed by atoms with Crippen LogP contribution in [-0.2, 0) is 14.3 Å². The number of aliphatic hydroxyl groups is 2. The second-order valence-electron chi connectivity index (χ2n) is 17.6. The van der Waals surface area contributed by atoms with Gasteiger partial charge in [0.1, 0.15) is 6.10 Å². The fourth-order valence-electron chi connectivity index (χ4n) is 7.51. The fourth-order valence-corrected chi connectivity index (χ4v) is 7.51. The highest BCUT2D eigenvalue weighted by atomic mass is 16.5. The van der Waals surface area contributed by atoms with Crippen molar-refractivity contribution in [2.75, 3.05) is 6.61 Å². The molecule has 6 heteroatoms. The highest BCUT2D eigenvalue weighted by Crippen LogP contribution is 2.16. The molecule has 0 aliphatic carbocycles. The van der Waals surface area contributed by atoms with Crippen molar-refractivity contribution in [3.63, 3.8) is 0 Å². The molecule has 0 radical (unpaired) electrons. The van der Waals surface area contributed by atoms with E-state index in [9.17, 15) is 19.8 Å². The molecule has 3 atom stereocenters. The van der Waals surface area contributed by atoms with Crippen LogP contribution in [0.25, 0.3) is 0 Å². The Balaban J connectivity index is 4.76. The number of nitrogens with one attached hydrogen (secondary N) is 1. The lowest BCUT2D eigenvalue weighted by Crippen LogP contribution is -2.46. The van der Waals surface area contributed by atoms with E-state index in [0.29, 0.717) is 19.3 Å². The summed E-state index contributed by atoms with van der Waals surface area (Å²) in [5.74, 6) is -0.565. The van der Waals surface area contributed by atoms with Gasteiger partial charge in [0, 0.05) is 6.42 Å². The lowest BCUT2D eigenvalue weighted by molar-refractivity contribution is -0.151. The molecule has 0 saturated carbocycles. The molecule has 0 aromatic rings. The first-order valence-corrected chi connectivity index (χ1v) is 26.3. The summed E-state index contributed by atoms with van der Waals surface area (Å²) in [6.45, 7) is 6.33. The monoisotopic (exact) mass is 878 g/mol. The van der Waals surface area contributed by atoms with Crippen LogP contribution in [0.1, 0.15) is 239 Å². The number of allylic oxidation sites excluding steroid dienone is 14. The SMILES string of the molecule is CC/C=C\C/C=C\C/C=C\C/C=C\C/C=C\CCCC(CC(=O)NC(CO)C(O)CCCCCCCCCCCCC)OC(=O)CCCCC/C=C/C=C/CCCCCCCCC. The van der Waals surface area contributed by atoms with Gasteiger partial charge in [-0.15, -0.1) is 0 Å². The van der Waals surface area contributed by atoms with Gasteiger partial charge in [-0.25, -0.2) is 0 Å². The summed E-state index contributed by atoms with van der Waals surface area (Å²) < 4.78 is 5.90. The molecule has 0 heterocycles. The molecule has 3 unspecified atom stereocenters. The summed E-state index contributed by atoms with van der Waals surface area (Å²) >= 11 is 0. The first-order valence-electron chi connectivity index (χ1n) is 26.3. The van der Waals surface area contributed by atoms with Crippen molar-refractivity contribution in [3.8, 4) is 0 Å². The zero-order chi connectivity index (χ0) is 45.9. The first-order chi connectivity index (χ1) is 31.0. The van der Waals surface area contributed by atoms with Crippen LogP contribution in [0.3, 0.4) is 0 Å². The summed E-state index contributed by atoms with van der Waals surface area (Å²) in [5, 5.41) is 23.7. The van der Waals surface area contributed by atoms with E-state index in [2.05, 4.69) is 111 Å². The summed E-state index contributed by atoms with van der Waals surface area (Å²) in [5.41, 5.74) is 0. The van der Waals surface area contributed by atoms with Crippen LogP contribution >= 0.6 is 0 Å². The fraction of sp³-hybridized carbons (Fsp3) is 0.719. The Morgan fingerprint density at radius 2 is 0.921 bits per heavy atom. The molecule has 3 N–H and O–H groups in total. The Bertz CT molecular complexity index is 1210. The summed E-state index contributed by atoms with van der Waals surface area (Å²) in [6, 6.07) is -0.729. The van der Waals surface area contributed by atoms with Crippen molar-refractivity contribution in [1.82, 2.24) is 5.32 Å². The lowest BCUT2D eigenvalue weighted by Gasteiger charge is -2.24. The minimum Gasteiger partial charge on any atom is -0.462 e. The highest BCUT2D eigenvalue weighted by Gasteiger charge is 2.24. The van der Waals surface area contributed by atoms with Crippen LogP contribution in [0, 0.1) is 0 Å². The van der Waals surface area contributed by atoms with Gasteiger partial charge < -0.3 is 20.3 Å².